The molecule has 1 fully saturated rings. The molecule has 0 unspecified atom stereocenters. The molecular weight excluding hydrogens is 396 g/mol. The minimum atomic E-state index is 0.0824. The number of carbonyl (C=O) groups excluding carboxylic acids is 1. The molecule has 6 heteroatoms. The van der Waals surface area contributed by atoms with E-state index in [9.17, 15) is 4.79 Å². The lowest BCUT2D eigenvalue weighted by Gasteiger charge is -2.33. The van der Waals surface area contributed by atoms with Crippen LogP contribution in [0, 0.1) is 5.92 Å². The summed E-state index contributed by atoms with van der Waals surface area (Å²) in [4.78, 5) is 14.9. The molecule has 1 N–H and O–H groups in total. The molecule has 0 saturated carbocycles. The Morgan fingerprint density at radius 3 is 2.81 bits per heavy atom. The van der Waals surface area contributed by atoms with E-state index in [1.807, 2.05) is 6.07 Å². The number of carbonyl (C=O) groups is 1. The van der Waals surface area contributed by atoms with Gasteiger partial charge in [0.1, 0.15) is 13.2 Å². The summed E-state index contributed by atoms with van der Waals surface area (Å²) < 4.78 is 12.4. The van der Waals surface area contributed by atoms with Gasteiger partial charge >= 0.3 is 0 Å². The zero-order valence-corrected chi connectivity index (χ0v) is 17.3. The fourth-order valence-electron chi connectivity index (χ4n) is 3.75. The van der Waals surface area contributed by atoms with Crippen LogP contribution < -0.4 is 14.8 Å². The molecule has 144 valence electrons. The predicted octanol–water partition coefficient (Wildman–Crippen LogP) is 3.74. The number of benzene rings is 1. The van der Waals surface area contributed by atoms with Crippen molar-refractivity contribution in [2.24, 2.45) is 5.92 Å². The Morgan fingerprint density at radius 2 is 2.08 bits per heavy atom. The number of nitrogens with zero attached hydrogens (tertiary/aromatic N) is 1. The van der Waals surface area contributed by atoms with E-state index in [-0.39, 0.29) is 17.9 Å². The third kappa shape index (κ3) is 4.92. The minimum absolute atomic E-state index is 0.0824. The minimum Gasteiger partial charge on any atom is -0.486 e. The summed E-state index contributed by atoms with van der Waals surface area (Å²) in [6, 6.07) is 4.31. The highest BCUT2D eigenvalue weighted by atomic mass is 79.9. The zero-order chi connectivity index (χ0) is 18.5. The summed E-state index contributed by atoms with van der Waals surface area (Å²) >= 11 is 3.65. The molecule has 1 aromatic carbocycles. The fourth-order valence-corrected chi connectivity index (χ4v) is 4.19. The second-order valence-electron chi connectivity index (χ2n) is 7.36. The number of piperidine rings is 1. The van der Waals surface area contributed by atoms with Gasteiger partial charge in [-0.25, -0.2) is 0 Å². The first-order valence-electron chi connectivity index (χ1n) is 9.67. The van der Waals surface area contributed by atoms with E-state index < -0.39 is 0 Å². The van der Waals surface area contributed by atoms with Gasteiger partial charge in [0.2, 0.25) is 5.91 Å². The van der Waals surface area contributed by atoms with Crippen LogP contribution in [0.4, 0.5) is 0 Å². The number of rotatable bonds is 6. The van der Waals surface area contributed by atoms with Crippen LogP contribution in [0.5, 0.6) is 11.5 Å². The number of halogens is 1. The number of likely N-dealkylation sites (tertiary alicyclic amines) is 1. The van der Waals surface area contributed by atoms with E-state index in [1.54, 1.807) is 0 Å². The van der Waals surface area contributed by atoms with Crippen molar-refractivity contribution < 1.29 is 14.3 Å². The van der Waals surface area contributed by atoms with Gasteiger partial charge in [0, 0.05) is 23.6 Å². The maximum Gasteiger partial charge on any atom is 0.224 e. The summed E-state index contributed by atoms with van der Waals surface area (Å²) in [6.07, 6.45) is 4.16. The van der Waals surface area contributed by atoms with Gasteiger partial charge in [0.05, 0.1) is 5.92 Å². The number of hydrogen-bond donors (Lipinski definition) is 1. The average Bonchev–Trinajstić information content (AvgIpc) is 2.63. The van der Waals surface area contributed by atoms with Crippen LogP contribution in [0.3, 0.4) is 0 Å². The fraction of sp³-hybridized carbons (Fsp3) is 0.650. The predicted molar refractivity (Wildman–Crippen MR) is 106 cm³/mol. The quantitative estimate of drug-likeness (QED) is 0.755. The first kappa shape index (κ1) is 19.5. The lowest BCUT2D eigenvalue weighted by atomic mass is 9.96. The summed E-state index contributed by atoms with van der Waals surface area (Å²) in [5, 5.41) is 3.18. The second kappa shape index (κ2) is 9.09. The molecule has 0 spiro atoms. The molecule has 2 aliphatic rings. The van der Waals surface area contributed by atoms with Gasteiger partial charge in [0.15, 0.2) is 11.5 Å². The number of nitrogens with one attached hydrogen (secondary N) is 1. The summed E-state index contributed by atoms with van der Waals surface area (Å²) in [5.74, 6) is 1.90. The Labute approximate surface area is 164 Å². The molecule has 2 atom stereocenters. The smallest absolute Gasteiger partial charge is 0.224 e. The van der Waals surface area contributed by atoms with Crippen molar-refractivity contribution in [3.8, 4) is 11.5 Å². The SMILES string of the molecule is CCC[C@@H](C)NC(=O)[C@H]1CCCN(Cc2cc3c(cc2Br)OCCO3)C1. The monoisotopic (exact) mass is 424 g/mol. The normalized spacial score (nSPS) is 21.3. The van der Waals surface area contributed by atoms with Crippen LogP contribution >= 0.6 is 15.9 Å². The van der Waals surface area contributed by atoms with E-state index in [0.717, 1.165) is 61.3 Å². The molecule has 0 radical (unpaired) electrons. The Morgan fingerprint density at radius 1 is 1.35 bits per heavy atom. The molecule has 0 aromatic heterocycles. The van der Waals surface area contributed by atoms with E-state index in [1.165, 1.54) is 5.56 Å². The summed E-state index contributed by atoms with van der Waals surface area (Å²) in [5.41, 5.74) is 1.18. The van der Waals surface area contributed by atoms with Gasteiger partial charge in [-0.2, -0.15) is 0 Å². The Hall–Kier alpha value is -1.27. The first-order chi connectivity index (χ1) is 12.6. The van der Waals surface area contributed by atoms with Crippen molar-refractivity contribution in [1.29, 1.82) is 0 Å². The molecule has 5 nitrogen and oxygen atoms in total. The highest BCUT2D eigenvalue weighted by molar-refractivity contribution is 9.10. The van der Waals surface area contributed by atoms with Crippen molar-refractivity contribution >= 4 is 21.8 Å². The molecule has 3 rings (SSSR count). The molecule has 2 heterocycles. The van der Waals surface area contributed by atoms with Gasteiger partial charge in [-0.3, -0.25) is 9.69 Å². The van der Waals surface area contributed by atoms with Crippen molar-refractivity contribution in [2.75, 3.05) is 26.3 Å². The molecule has 1 amide bonds. The van der Waals surface area contributed by atoms with Gasteiger partial charge in [-0.05, 0) is 50.4 Å². The van der Waals surface area contributed by atoms with E-state index in [0.29, 0.717) is 13.2 Å². The van der Waals surface area contributed by atoms with Crippen LogP contribution in [0.2, 0.25) is 0 Å². The molecule has 26 heavy (non-hydrogen) atoms. The molecule has 1 saturated heterocycles. The maximum absolute atomic E-state index is 12.6. The largest absolute Gasteiger partial charge is 0.486 e. The van der Waals surface area contributed by atoms with Gasteiger partial charge in [0.25, 0.3) is 0 Å². The number of hydrogen-bond acceptors (Lipinski definition) is 4. The van der Waals surface area contributed by atoms with Crippen LogP contribution in [0.15, 0.2) is 16.6 Å². The number of amides is 1. The third-order valence-corrected chi connectivity index (χ3v) is 5.83. The topological polar surface area (TPSA) is 50.8 Å². The highest BCUT2D eigenvalue weighted by Crippen LogP contribution is 2.36. The van der Waals surface area contributed by atoms with Crippen molar-refractivity contribution in [1.82, 2.24) is 10.2 Å². The third-order valence-electron chi connectivity index (χ3n) is 5.09. The molecule has 0 bridgehead atoms. The lowest BCUT2D eigenvalue weighted by molar-refractivity contribution is -0.127. The molecular formula is C20H29BrN2O3. The standard InChI is InChI=1S/C20H29BrN2O3/c1-3-5-14(2)22-20(24)15-6-4-7-23(12-15)13-16-10-18-19(11-17(16)21)26-9-8-25-18/h10-11,14-15H,3-9,12-13H2,1-2H3,(H,22,24)/t14-,15+/m1/s1. The maximum atomic E-state index is 12.6. The van der Waals surface area contributed by atoms with Crippen LogP contribution in [-0.2, 0) is 11.3 Å². The summed E-state index contributed by atoms with van der Waals surface area (Å²) in [7, 11) is 0. The number of ether oxygens (including phenoxy) is 2. The Bertz CT molecular complexity index is 638. The van der Waals surface area contributed by atoms with E-state index >= 15 is 0 Å². The second-order valence-corrected chi connectivity index (χ2v) is 8.21. The molecule has 1 aromatic rings. The molecule has 2 aliphatic heterocycles. The van der Waals surface area contributed by atoms with Crippen LogP contribution in [0.1, 0.15) is 45.1 Å². The van der Waals surface area contributed by atoms with Gasteiger partial charge in [-0.1, -0.05) is 29.3 Å². The number of fused-ring (bicyclic) bond motifs is 1. The van der Waals surface area contributed by atoms with Crippen LogP contribution in [-0.4, -0.2) is 43.2 Å². The lowest BCUT2D eigenvalue weighted by Crippen LogP contribution is -2.45. The van der Waals surface area contributed by atoms with Crippen molar-refractivity contribution in [3.63, 3.8) is 0 Å². The van der Waals surface area contributed by atoms with E-state index in [4.69, 9.17) is 9.47 Å². The average molecular weight is 425 g/mol. The van der Waals surface area contributed by atoms with Gasteiger partial charge in [-0.15, -0.1) is 0 Å². The molecule has 0 aliphatic carbocycles. The summed E-state index contributed by atoms with van der Waals surface area (Å²) in [6.45, 7) is 8.07. The van der Waals surface area contributed by atoms with Crippen LogP contribution in [0.25, 0.3) is 0 Å². The Kier molecular flexibility index (Phi) is 6.81. The van der Waals surface area contributed by atoms with E-state index in [2.05, 4.69) is 46.1 Å². The van der Waals surface area contributed by atoms with Crippen molar-refractivity contribution in [3.05, 3.63) is 22.2 Å². The Balaban J connectivity index is 1.61. The zero-order valence-electron chi connectivity index (χ0n) is 15.7. The van der Waals surface area contributed by atoms with Gasteiger partial charge < -0.3 is 14.8 Å². The van der Waals surface area contributed by atoms with Crippen molar-refractivity contribution in [2.45, 2.75) is 52.1 Å². The first-order valence-corrected chi connectivity index (χ1v) is 10.5. The highest BCUT2D eigenvalue weighted by Gasteiger charge is 2.27.